The van der Waals surface area contributed by atoms with Crippen molar-refractivity contribution >= 4 is 15.5 Å². The molecule has 0 fully saturated rings. The Kier molecular flexibility index (Phi) is 4.92. The largest absolute Gasteiger partial charge is 0.312 e. The molecule has 0 spiro atoms. The van der Waals surface area contributed by atoms with Crippen molar-refractivity contribution in [2.24, 2.45) is 0 Å². The van der Waals surface area contributed by atoms with E-state index in [0.717, 1.165) is 22.5 Å². The topological polar surface area (TPSA) is 76.4 Å². The number of aryl methyl sites for hydroxylation is 1. The molecule has 0 aliphatic carbocycles. The van der Waals surface area contributed by atoms with E-state index in [9.17, 15) is 8.42 Å². The minimum atomic E-state index is -3.12. The van der Waals surface area contributed by atoms with Gasteiger partial charge in [-0.15, -0.1) is 0 Å². The van der Waals surface area contributed by atoms with E-state index in [1.165, 1.54) is 0 Å². The molecule has 0 atom stereocenters. The summed E-state index contributed by atoms with van der Waals surface area (Å²) in [5.41, 5.74) is 3.51. The molecule has 6 nitrogen and oxygen atoms in total. The second kappa shape index (κ2) is 7.11. The van der Waals surface area contributed by atoms with Crippen molar-refractivity contribution in [1.82, 2.24) is 19.9 Å². The van der Waals surface area contributed by atoms with Crippen molar-refractivity contribution in [3.63, 3.8) is 0 Å². The van der Waals surface area contributed by atoms with E-state index in [2.05, 4.69) is 15.4 Å². The predicted molar refractivity (Wildman–Crippen MR) is 93.4 cm³/mol. The average Bonchev–Trinajstić information content (AvgIpc) is 2.91. The molecule has 7 heteroatoms. The number of fused-ring (bicyclic) bond motifs is 1. The minimum Gasteiger partial charge on any atom is -0.312 e. The first-order chi connectivity index (χ1) is 11.5. The average molecular weight is 344 g/mol. The van der Waals surface area contributed by atoms with Gasteiger partial charge in [-0.1, -0.05) is 30.3 Å². The maximum atomic E-state index is 12.1. The van der Waals surface area contributed by atoms with Crippen molar-refractivity contribution in [3.8, 4) is 0 Å². The molecule has 2 heterocycles. The summed E-state index contributed by atoms with van der Waals surface area (Å²) < 4.78 is 26.0. The molecule has 24 heavy (non-hydrogen) atoms. The van der Waals surface area contributed by atoms with Gasteiger partial charge in [-0.25, -0.2) is 17.9 Å². The van der Waals surface area contributed by atoms with Crippen LogP contribution in [0.5, 0.6) is 0 Å². The lowest BCUT2D eigenvalue weighted by molar-refractivity contribution is 0.589. The summed E-state index contributed by atoms with van der Waals surface area (Å²) in [6.07, 6.45) is 3.68. The van der Waals surface area contributed by atoms with E-state index in [4.69, 9.17) is 0 Å². The monoisotopic (exact) mass is 344 g/mol. The maximum Gasteiger partial charge on any atom is 0.155 e. The van der Waals surface area contributed by atoms with Crippen LogP contribution in [-0.2, 0) is 22.1 Å². The highest BCUT2D eigenvalue weighted by molar-refractivity contribution is 7.90. The maximum absolute atomic E-state index is 12.1. The molecule has 126 valence electrons. The van der Waals surface area contributed by atoms with Crippen molar-refractivity contribution in [2.75, 3.05) is 12.3 Å². The third-order valence-electron chi connectivity index (χ3n) is 3.64. The van der Waals surface area contributed by atoms with Gasteiger partial charge >= 0.3 is 0 Å². The lowest BCUT2D eigenvalue weighted by Crippen LogP contribution is -2.23. The smallest absolute Gasteiger partial charge is 0.155 e. The standard InChI is InChI=1S/C17H20N4O2S/c1-14-9-17-19-11-16(12-21(17)20-14)10-18-7-8-24(22,23)13-15-5-3-2-4-6-15/h2-6,9,11-12,18H,7-8,10,13H2,1H3. The summed E-state index contributed by atoms with van der Waals surface area (Å²) in [5.74, 6) is 0.189. The fourth-order valence-corrected chi connectivity index (χ4v) is 3.79. The third-order valence-corrected chi connectivity index (χ3v) is 5.24. The molecule has 0 saturated heterocycles. The number of aromatic nitrogens is 3. The van der Waals surface area contributed by atoms with Gasteiger partial charge in [0.15, 0.2) is 15.5 Å². The number of rotatable bonds is 7. The molecule has 0 aliphatic rings. The molecule has 0 bridgehead atoms. The van der Waals surface area contributed by atoms with E-state index in [-0.39, 0.29) is 11.5 Å². The van der Waals surface area contributed by atoms with E-state index in [1.54, 1.807) is 10.7 Å². The van der Waals surface area contributed by atoms with Gasteiger partial charge in [0.05, 0.1) is 17.2 Å². The highest BCUT2D eigenvalue weighted by atomic mass is 32.2. The Balaban J connectivity index is 1.50. The lowest BCUT2D eigenvalue weighted by atomic mass is 10.2. The Morgan fingerprint density at radius 1 is 1.17 bits per heavy atom. The molecule has 0 amide bonds. The molecule has 0 unspecified atom stereocenters. The number of hydrogen-bond acceptors (Lipinski definition) is 5. The molecule has 1 aromatic carbocycles. The van der Waals surface area contributed by atoms with Crippen LogP contribution in [0.2, 0.25) is 0 Å². The molecule has 1 N–H and O–H groups in total. The normalized spacial score (nSPS) is 11.9. The number of hydrogen-bond donors (Lipinski definition) is 1. The number of nitrogens with zero attached hydrogens (tertiary/aromatic N) is 3. The molecular formula is C17H20N4O2S. The molecular weight excluding hydrogens is 324 g/mol. The van der Waals surface area contributed by atoms with Gasteiger partial charge < -0.3 is 5.32 Å². The van der Waals surface area contributed by atoms with E-state index < -0.39 is 9.84 Å². The van der Waals surface area contributed by atoms with Crippen LogP contribution in [0.4, 0.5) is 0 Å². The second-order valence-electron chi connectivity index (χ2n) is 5.81. The lowest BCUT2D eigenvalue weighted by Gasteiger charge is -2.07. The van der Waals surface area contributed by atoms with E-state index >= 15 is 0 Å². The van der Waals surface area contributed by atoms with Crippen LogP contribution >= 0.6 is 0 Å². The summed E-state index contributed by atoms with van der Waals surface area (Å²) in [7, 11) is -3.12. The zero-order chi connectivity index (χ0) is 17.0. The van der Waals surface area contributed by atoms with Crippen LogP contribution in [0.25, 0.3) is 5.65 Å². The van der Waals surface area contributed by atoms with Gasteiger partial charge in [-0.3, -0.25) is 0 Å². The van der Waals surface area contributed by atoms with E-state index in [1.807, 2.05) is 49.5 Å². The number of benzene rings is 1. The Bertz CT molecular complexity index is 920. The molecule has 0 saturated carbocycles. The first kappa shape index (κ1) is 16.6. The fourth-order valence-electron chi connectivity index (χ4n) is 2.49. The van der Waals surface area contributed by atoms with Crippen LogP contribution in [-0.4, -0.2) is 35.3 Å². The van der Waals surface area contributed by atoms with Gasteiger partial charge in [-0.2, -0.15) is 5.10 Å². The van der Waals surface area contributed by atoms with Crippen LogP contribution in [0, 0.1) is 6.92 Å². The first-order valence-electron chi connectivity index (χ1n) is 7.78. The Hall–Kier alpha value is -2.25. The summed E-state index contributed by atoms with van der Waals surface area (Å²) in [6, 6.07) is 11.2. The quantitative estimate of drug-likeness (QED) is 0.661. The minimum absolute atomic E-state index is 0.0790. The van der Waals surface area contributed by atoms with Gasteiger partial charge in [0, 0.05) is 37.1 Å². The summed E-state index contributed by atoms with van der Waals surface area (Å²) in [5, 5.41) is 7.47. The van der Waals surface area contributed by atoms with Crippen LogP contribution in [0.1, 0.15) is 16.8 Å². The molecule has 2 aromatic heterocycles. The number of sulfone groups is 1. The van der Waals surface area contributed by atoms with Crippen molar-refractivity contribution in [3.05, 3.63) is 65.6 Å². The highest BCUT2D eigenvalue weighted by Gasteiger charge is 2.11. The Morgan fingerprint density at radius 2 is 1.96 bits per heavy atom. The highest BCUT2D eigenvalue weighted by Crippen LogP contribution is 2.06. The van der Waals surface area contributed by atoms with Gasteiger partial charge in [0.2, 0.25) is 0 Å². The molecule has 3 rings (SSSR count). The van der Waals surface area contributed by atoms with E-state index in [0.29, 0.717) is 13.1 Å². The SMILES string of the molecule is Cc1cc2ncc(CNCCS(=O)(=O)Cc3ccccc3)cn2n1. The first-order valence-corrected chi connectivity index (χ1v) is 9.60. The molecule has 3 aromatic rings. The predicted octanol–water partition coefficient (Wildman–Crippen LogP) is 1.74. The van der Waals surface area contributed by atoms with Crippen molar-refractivity contribution < 1.29 is 8.42 Å². The van der Waals surface area contributed by atoms with Gasteiger partial charge in [-0.05, 0) is 12.5 Å². The van der Waals surface area contributed by atoms with Crippen LogP contribution < -0.4 is 5.32 Å². The zero-order valence-electron chi connectivity index (χ0n) is 13.5. The van der Waals surface area contributed by atoms with Crippen LogP contribution in [0.3, 0.4) is 0 Å². The Labute approximate surface area is 141 Å². The number of nitrogens with one attached hydrogen (secondary N) is 1. The second-order valence-corrected chi connectivity index (χ2v) is 7.99. The van der Waals surface area contributed by atoms with Crippen molar-refractivity contribution in [2.45, 2.75) is 19.2 Å². The van der Waals surface area contributed by atoms with Gasteiger partial charge in [0.25, 0.3) is 0 Å². The molecule has 0 aliphatic heterocycles. The third kappa shape index (κ3) is 4.39. The summed E-state index contributed by atoms with van der Waals surface area (Å²) in [4.78, 5) is 4.33. The summed E-state index contributed by atoms with van der Waals surface area (Å²) >= 11 is 0. The van der Waals surface area contributed by atoms with Crippen LogP contribution in [0.15, 0.2) is 48.8 Å². The van der Waals surface area contributed by atoms with Crippen molar-refractivity contribution in [1.29, 1.82) is 0 Å². The Morgan fingerprint density at radius 3 is 2.75 bits per heavy atom. The van der Waals surface area contributed by atoms with Gasteiger partial charge in [0.1, 0.15) is 0 Å². The summed E-state index contributed by atoms with van der Waals surface area (Å²) in [6.45, 7) is 2.89. The zero-order valence-corrected chi connectivity index (χ0v) is 14.3. The molecule has 0 radical (unpaired) electrons. The fraction of sp³-hybridized carbons (Fsp3) is 0.294.